The predicted octanol–water partition coefficient (Wildman–Crippen LogP) is 2.21. The third-order valence-electron chi connectivity index (χ3n) is 3.28. The lowest BCUT2D eigenvalue weighted by atomic mass is 9.91. The van der Waals surface area contributed by atoms with E-state index in [1.807, 2.05) is 0 Å². The van der Waals surface area contributed by atoms with Crippen LogP contribution in [0.15, 0.2) is 12.1 Å². The van der Waals surface area contributed by atoms with E-state index in [0.717, 1.165) is 38.1 Å². The second-order valence-corrected chi connectivity index (χ2v) is 4.64. The van der Waals surface area contributed by atoms with Gasteiger partial charge < -0.3 is 10.4 Å². The molecule has 2 N–H and O–H groups in total. The molecule has 0 radical (unpaired) electrons. The van der Waals surface area contributed by atoms with Crippen molar-refractivity contribution in [2.24, 2.45) is 5.92 Å². The number of carboxylic acid groups (broad SMARTS) is 1. The van der Waals surface area contributed by atoms with Gasteiger partial charge in [-0.05, 0) is 50.4 Å². The minimum Gasteiger partial charge on any atom is -0.478 e. The van der Waals surface area contributed by atoms with E-state index in [-0.39, 0.29) is 17.0 Å². The summed E-state index contributed by atoms with van der Waals surface area (Å²) in [4.78, 5) is 10.7. The third kappa shape index (κ3) is 2.85. The van der Waals surface area contributed by atoms with E-state index in [1.165, 1.54) is 0 Å². The molecule has 1 fully saturated rings. The van der Waals surface area contributed by atoms with E-state index < -0.39 is 17.6 Å². The molecule has 0 aliphatic carbocycles. The first-order valence-electron chi connectivity index (χ1n) is 6.00. The molecule has 1 aromatic rings. The Kier molecular flexibility index (Phi) is 3.91. The first-order valence-corrected chi connectivity index (χ1v) is 6.00. The normalized spacial score (nSPS) is 19.8. The van der Waals surface area contributed by atoms with Crippen LogP contribution >= 0.6 is 0 Å². The molecule has 3 nitrogen and oxygen atoms in total. The van der Waals surface area contributed by atoms with Crippen LogP contribution in [0, 0.1) is 17.6 Å². The van der Waals surface area contributed by atoms with E-state index >= 15 is 0 Å². The predicted molar refractivity (Wildman–Crippen MR) is 62.6 cm³/mol. The maximum Gasteiger partial charge on any atom is 0.335 e. The molecule has 1 unspecified atom stereocenters. The lowest BCUT2D eigenvalue weighted by Crippen LogP contribution is -2.31. The summed E-state index contributed by atoms with van der Waals surface area (Å²) < 4.78 is 27.4. The molecule has 0 saturated carbocycles. The second kappa shape index (κ2) is 5.44. The van der Waals surface area contributed by atoms with Gasteiger partial charge in [-0.3, -0.25) is 0 Å². The summed E-state index contributed by atoms with van der Waals surface area (Å²) >= 11 is 0. The summed E-state index contributed by atoms with van der Waals surface area (Å²) in [5.74, 6) is -2.65. The number of carbonyl (C=O) groups is 1. The fourth-order valence-corrected chi connectivity index (χ4v) is 2.31. The number of benzene rings is 1. The number of nitrogens with one attached hydrogen (secondary N) is 1. The topological polar surface area (TPSA) is 49.3 Å². The van der Waals surface area contributed by atoms with Crippen molar-refractivity contribution in [3.8, 4) is 0 Å². The molecule has 0 aromatic heterocycles. The van der Waals surface area contributed by atoms with Crippen LogP contribution in [0.2, 0.25) is 0 Å². The Labute approximate surface area is 104 Å². The van der Waals surface area contributed by atoms with Gasteiger partial charge in [0.25, 0.3) is 0 Å². The minimum atomic E-state index is -1.32. The number of piperidine rings is 1. The minimum absolute atomic E-state index is 0.00583. The summed E-state index contributed by atoms with van der Waals surface area (Å²) in [6.45, 7) is 1.69. The van der Waals surface area contributed by atoms with Crippen molar-refractivity contribution in [2.45, 2.75) is 19.3 Å². The van der Waals surface area contributed by atoms with E-state index in [2.05, 4.69) is 5.32 Å². The number of hydrogen-bond donors (Lipinski definition) is 2. The van der Waals surface area contributed by atoms with Gasteiger partial charge in [0.05, 0.1) is 5.56 Å². The van der Waals surface area contributed by atoms with Crippen LogP contribution in [-0.4, -0.2) is 24.2 Å². The highest BCUT2D eigenvalue weighted by Gasteiger charge is 2.20. The quantitative estimate of drug-likeness (QED) is 0.870. The standard InChI is InChI=1S/C13H15F2NO2/c14-11-5-9(13(17)18)6-12(15)10(11)4-8-2-1-3-16-7-8/h5-6,8,16H,1-4,7H2,(H,17,18). The molecule has 1 atom stereocenters. The van der Waals surface area contributed by atoms with E-state index in [9.17, 15) is 13.6 Å². The second-order valence-electron chi connectivity index (χ2n) is 4.64. The van der Waals surface area contributed by atoms with Gasteiger partial charge in [-0.1, -0.05) is 0 Å². The summed E-state index contributed by atoms with van der Waals surface area (Å²) in [7, 11) is 0. The largest absolute Gasteiger partial charge is 0.478 e. The molecule has 0 amide bonds. The Hall–Kier alpha value is -1.49. The van der Waals surface area contributed by atoms with Crippen LogP contribution in [-0.2, 0) is 6.42 Å². The zero-order chi connectivity index (χ0) is 13.1. The van der Waals surface area contributed by atoms with Gasteiger partial charge in [0, 0.05) is 5.56 Å². The summed E-state index contributed by atoms with van der Waals surface area (Å²) in [5.41, 5.74) is -0.357. The van der Waals surface area contributed by atoms with Crippen molar-refractivity contribution in [3.05, 3.63) is 34.9 Å². The third-order valence-corrected chi connectivity index (χ3v) is 3.28. The Morgan fingerprint density at radius 1 is 1.39 bits per heavy atom. The highest BCUT2D eigenvalue weighted by Crippen LogP contribution is 2.22. The molecule has 1 saturated heterocycles. The number of carboxylic acids is 1. The first-order chi connectivity index (χ1) is 8.58. The van der Waals surface area contributed by atoms with Crippen molar-refractivity contribution >= 4 is 5.97 Å². The van der Waals surface area contributed by atoms with Crippen LogP contribution in [0.1, 0.15) is 28.8 Å². The lowest BCUT2D eigenvalue weighted by Gasteiger charge is -2.23. The zero-order valence-corrected chi connectivity index (χ0v) is 9.88. The average Bonchev–Trinajstić information content (AvgIpc) is 2.34. The molecule has 1 aromatic carbocycles. The van der Waals surface area contributed by atoms with Gasteiger partial charge in [-0.25, -0.2) is 13.6 Å². The van der Waals surface area contributed by atoms with Crippen molar-refractivity contribution in [1.29, 1.82) is 0 Å². The first kappa shape index (κ1) is 13.0. The number of hydrogen-bond acceptors (Lipinski definition) is 2. The molecule has 1 aliphatic heterocycles. The highest BCUT2D eigenvalue weighted by molar-refractivity contribution is 5.87. The van der Waals surface area contributed by atoms with Crippen LogP contribution in [0.25, 0.3) is 0 Å². The molecular formula is C13H15F2NO2. The maximum atomic E-state index is 13.7. The number of aromatic carboxylic acids is 1. The van der Waals surface area contributed by atoms with E-state index in [1.54, 1.807) is 0 Å². The van der Waals surface area contributed by atoms with Gasteiger partial charge in [-0.15, -0.1) is 0 Å². The molecule has 2 rings (SSSR count). The van der Waals surface area contributed by atoms with Gasteiger partial charge in [0.1, 0.15) is 11.6 Å². The molecule has 98 valence electrons. The smallest absolute Gasteiger partial charge is 0.335 e. The Morgan fingerprint density at radius 3 is 2.56 bits per heavy atom. The monoisotopic (exact) mass is 255 g/mol. The van der Waals surface area contributed by atoms with Crippen LogP contribution < -0.4 is 5.32 Å². The fraction of sp³-hybridized carbons (Fsp3) is 0.462. The van der Waals surface area contributed by atoms with Crippen molar-refractivity contribution in [2.75, 3.05) is 13.1 Å². The molecule has 1 aliphatic rings. The van der Waals surface area contributed by atoms with Crippen molar-refractivity contribution in [1.82, 2.24) is 5.32 Å². The van der Waals surface area contributed by atoms with Gasteiger partial charge in [0.15, 0.2) is 0 Å². The van der Waals surface area contributed by atoms with Crippen molar-refractivity contribution < 1.29 is 18.7 Å². The Morgan fingerprint density at radius 2 is 2.06 bits per heavy atom. The highest BCUT2D eigenvalue weighted by atomic mass is 19.1. The maximum absolute atomic E-state index is 13.7. The van der Waals surface area contributed by atoms with Gasteiger partial charge >= 0.3 is 5.97 Å². The summed E-state index contributed by atoms with van der Waals surface area (Å²) in [6, 6.07) is 1.77. The summed E-state index contributed by atoms with van der Waals surface area (Å²) in [5, 5.41) is 11.9. The zero-order valence-electron chi connectivity index (χ0n) is 9.88. The van der Waals surface area contributed by atoms with Gasteiger partial charge in [-0.2, -0.15) is 0 Å². The number of halogens is 2. The number of rotatable bonds is 3. The van der Waals surface area contributed by atoms with E-state index in [0.29, 0.717) is 6.42 Å². The SMILES string of the molecule is O=C(O)c1cc(F)c(CC2CCCNC2)c(F)c1. The fourth-order valence-electron chi connectivity index (χ4n) is 2.31. The molecule has 0 bridgehead atoms. The van der Waals surface area contributed by atoms with E-state index in [4.69, 9.17) is 5.11 Å². The van der Waals surface area contributed by atoms with Crippen LogP contribution in [0.5, 0.6) is 0 Å². The average molecular weight is 255 g/mol. The molecule has 1 heterocycles. The lowest BCUT2D eigenvalue weighted by molar-refractivity contribution is 0.0695. The Bertz CT molecular complexity index is 433. The van der Waals surface area contributed by atoms with Crippen LogP contribution in [0.3, 0.4) is 0 Å². The molecular weight excluding hydrogens is 240 g/mol. The summed E-state index contributed by atoms with van der Waals surface area (Å²) in [6.07, 6.45) is 2.25. The molecule has 0 spiro atoms. The molecule has 5 heteroatoms. The van der Waals surface area contributed by atoms with Crippen LogP contribution in [0.4, 0.5) is 8.78 Å². The Balaban J connectivity index is 2.19. The van der Waals surface area contributed by atoms with Gasteiger partial charge in [0.2, 0.25) is 0 Å². The molecule has 18 heavy (non-hydrogen) atoms. The van der Waals surface area contributed by atoms with Crippen molar-refractivity contribution in [3.63, 3.8) is 0 Å².